The number of nitrogens with two attached hydrogens (primary N) is 1. The third-order valence-electron chi connectivity index (χ3n) is 6.33. The first-order valence-corrected chi connectivity index (χ1v) is 10.5. The van der Waals surface area contributed by atoms with Crippen molar-refractivity contribution in [2.75, 3.05) is 29.1 Å². The first kappa shape index (κ1) is 20.8. The minimum Gasteiger partial charge on any atom is -0.474 e. The Morgan fingerprint density at radius 3 is 2.85 bits per heavy atom. The van der Waals surface area contributed by atoms with Crippen LogP contribution in [0.2, 0.25) is 0 Å². The molecule has 5 rings (SSSR count). The molecule has 2 aromatic heterocycles. The molecular formula is C23H21FN6O3. The van der Waals surface area contributed by atoms with Crippen LogP contribution in [0.5, 0.6) is 5.88 Å². The third kappa shape index (κ3) is 3.33. The van der Waals surface area contributed by atoms with Gasteiger partial charge in [0.1, 0.15) is 18.1 Å². The molecule has 0 unspecified atom stereocenters. The summed E-state index contributed by atoms with van der Waals surface area (Å²) in [6.45, 7) is 2.97. The van der Waals surface area contributed by atoms with Gasteiger partial charge in [-0.2, -0.15) is 5.26 Å². The lowest BCUT2D eigenvalue weighted by atomic mass is 9.80. The number of carboxylic acid groups (broad SMARTS) is 1. The highest BCUT2D eigenvalue weighted by Gasteiger charge is 2.38. The van der Waals surface area contributed by atoms with Crippen molar-refractivity contribution in [3.63, 3.8) is 0 Å². The van der Waals surface area contributed by atoms with Gasteiger partial charge in [-0.15, -0.1) is 0 Å². The predicted octanol–water partition coefficient (Wildman–Crippen LogP) is 3.92. The van der Waals surface area contributed by atoms with Gasteiger partial charge in [0.25, 0.3) is 0 Å². The van der Waals surface area contributed by atoms with E-state index in [1.54, 1.807) is 18.3 Å². The minimum absolute atomic E-state index is 0.0713. The van der Waals surface area contributed by atoms with Gasteiger partial charge in [-0.1, -0.05) is 0 Å². The van der Waals surface area contributed by atoms with Crippen molar-refractivity contribution in [2.45, 2.75) is 25.8 Å². The van der Waals surface area contributed by atoms with E-state index in [2.05, 4.69) is 21.4 Å². The van der Waals surface area contributed by atoms with Gasteiger partial charge in [0, 0.05) is 41.5 Å². The van der Waals surface area contributed by atoms with E-state index in [9.17, 15) is 9.90 Å². The number of nitrogens with one attached hydrogen (secondary N) is 1. The molecule has 1 aliphatic carbocycles. The van der Waals surface area contributed by atoms with Gasteiger partial charge >= 0.3 is 6.09 Å². The lowest BCUT2D eigenvalue weighted by Crippen LogP contribution is -2.47. The first-order valence-electron chi connectivity index (χ1n) is 10.5. The maximum Gasteiger partial charge on any atom is 0.413 e. The Balaban J connectivity index is 1.61. The SMILES string of the molecule is Cc1c(-c2cc3cc(N(C(=O)O)C4CC(C#N)C4)ncc3c(N)c2F)cnc2c1NCCO2. The molecule has 9 nitrogen and oxygen atoms in total. The minimum atomic E-state index is -1.15. The standard InChI is InChI=1S/C23H21FN6O3/c1-11-16(9-29-22-21(11)27-2-3-33-22)15-6-13-7-18(28-10-17(13)20(26)19(15)24)30(23(31)32)14-4-12(5-14)8-25/h6-7,9-10,12,14,27H,2-5,26H2,1H3,(H,31,32). The van der Waals surface area contributed by atoms with Crippen LogP contribution in [0.3, 0.4) is 0 Å². The van der Waals surface area contributed by atoms with E-state index in [4.69, 9.17) is 15.7 Å². The number of halogens is 1. The van der Waals surface area contributed by atoms with Crippen molar-refractivity contribution >= 4 is 34.1 Å². The number of benzene rings is 1. The zero-order valence-corrected chi connectivity index (χ0v) is 17.8. The summed E-state index contributed by atoms with van der Waals surface area (Å²) >= 11 is 0. The van der Waals surface area contributed by atoms with E-state index in [0.717, 1.165) is 5.56 Å². The number of pyridine rings is 2. The van der Waals surface area contributed by atoms with Crippen LogP contribution in [0.25, 0.3) is 21.9 Å². The van der Waals surface area contributed by atoms with Crippen LogP contribution in [0, 0.1) is 30.0 Å². The topological polar surface area (TPSA) is 137 Å². The Hall–Kier alpha value is -4.13. The van der Waals surface area contributed by atoms with Gasteiger partial charge in [0.15, 0.2) is 5.82 Å². The zero-order valence-electron chi connectivity index (χ0n) is 17.8. The summed E-state index contributed by atoms with van der Waals surface area (Å²) < 4.78 is 20.9. The van der Waals surface area contributed by atoms with Crippen LogP contribution in [-0.2, 0) is 0 Å². The van der Waals surface area contributed by atoms with Crippen molar-refractivity contribution in [3.05, 3.63) is 35.9 Å². The molecule has 1 amide bonds. The quantitative estimate of drug-likeness (QED) is 0.513. The molecule has 1 fully saturated rings. The Morgan fingerprint density at radius 1 is 1.33 bits per heavy atom. The maximum absolute atomic E-state index is 15.3. The number of ether oxygens (including phenoxy) is 1. The summed E-state index contributed by atoms with van der Waals surface area (Å²) in [4.78, 5) is 21.7. The molecule has 0 spiro atoms. The molecule has 0 saturated heterocycles. The van der Waals surface area contributed by atoms with Gasteiger partial charge in [-0.25, -0.2) is 19.2 Å². The fraction of sp³-hybridized carbons (Fsp3) is 0.304. The highest BCUT2D eigenvalue weighted by molar-refractivity contribution is 5.99. The van der Waals surface area contributed by atoms with E-state index in [1.807, 2.05) is 6.92 Å². The fourth-order valence-electron chi connectivity index (χ4n) is 4.45. The average molecular weight is 448 g/mol. The Bertz CT molecular complexity index is 1330. The number of aromatic nitrogens is 2. The Labute approximate surface area is 188 Å². The number of carbonyl (C=O) groups is 1. The second-order valence-electron chi connectivity index (χ2n) is 8.27. The highest BCUT2D eigenvalue weighted by atomic mass is 19.1. The summed E-state index contributed by atoms with van der Waals surface area (Å²) in [7, 11) is 0. The molecular weight excluding hydrogens is 427 g/mol. The normalized spacial score (nSPS) is 18.9. The summed E-state index contributed by atoms with van der Waals surface area (Å²) in [5, 5.41) is 23.0. The van der Waals surface area contributed by atoms with E-state index in [1.165, 1.54) is 11.1 Å². The molecule has 168 valence electrons. The van der Waals surface area contributed by atoms with Gasteiger partial charge in [0.2, 0.25) is 5.88 Å². The Morgan fingerprint density at radius 2 is 2.12 bits per heavy atom. The highest BCUT2D eigenvalue weighted by Crippen LogP contribution is 2.40. The lowest BCUT2D eigenvalue weighted by molar-refractivity contribution is 0.189. The van der Waals surface area contributed by atoms with Crippen LogP contribution >= 0.6 is 0 Å². The van der Waals surface area contributed by atoms with E-state index in [-0.39, 0.29) is 29.0 Å². The number of hydrogen-bond acceptors (Lipinski definition) is 7. The number of rotatable bonds is 3. The lowest BCUT2D eigenvalue weighted by Gasteiger charge is -2.37. The molecule has 1 saturated carbocycles. The largest absolute Gasteiger partial charge is 0.474 e. The van der Waals surface area contributed by atoms with Crippen molar-refractivity contribution in [1.82, 2.24) is 9.97 Å². The average Bonchev–Trinajstić information content (AvgIpc) is 2.78. The fourth-order valence-corrected chi connectivity index (χ4v) is 4.45. The van der Waals surface area contributed by atoms with Crippen LogP contribution in [0.4, 0.5) is 26.4 Å². The molecule has 33 heavy (non-hydrogen) atoms. The monoisotopic (exact) mass is 448 g/mol. The molecule has 2 aliphatic rings. The summed E-state index contributed by atoms with van der Waals surface area (Å²) in [6, 6.07) is 5.05. The second-order valence-corrected chi connectivity index (χ2v) is 8.27. The van der Waals surface area contributed by atoms with Crippen LogP contribution in [0.1, 0.15) is 18.4 Å². The Kier molecular flexibility index (Phi) is 4.89. The van der Waals surface area contributed by atoms with E-state index in [0.29, 0.717) is 53.9 Å². The molecule has 1 aliphatic heterocycles. The summed E-state index contributed by atoms with van der Waals surface area (Å²) in [6.07, 6.45) is 2.69. The number of amides is 1. The number of fused-ring (bicyclic) bond motifs is 2. The van der Waals surface area contributed by atoms with Crippen molar-refractivity contribution in [3.8, 4) is 23.1 Å². The molecule has 0 atom stereocenters. The first-order chi connectivity index (χ1) is 15.9. The maximum atomic E-state index is 15.3. The molecule has 4 N–H and O–H groups in total. The van der Waals surface area contributed by atoms with Crippen LogP contribution in [0.15, 0.2) is 24.5 Å². The molecule has 1 aromatic carbocycles. The number of nitrogen functional groups attached to an aromatic ring is 1. The summed E-state index contributed by atoms with van der Waals surface area (Å²) in [5.41, 5.74) is 8.35. The van der Waals surface area contributed by atoms with E-state index < -0.39 is 11.9 Å². The molecule has 0 bridgehead atoms. The van der Waals surface area contributed by atoms with Gasteiger partial charge in [-0.3, -0.25) is 4.90 Å². The third-order valence-corrected chi connectivity index (χ3v) is 6.33. The number of hydrogen-bond donors (Lipinski definition) is 3. The predicted molar refractivity (Wildman–Crippen MR) is 121 cm³/mol. The number of nitrogens with zero attached hydrogens (tertiary/aromatic N) is 4. The smallest absolute Gasteiger partial charge is 0.413 e. The zero-order chi connectivity index (χ0) is 23.3. The van der Waals surface area contributed by atoms with Crippen LogP contribution < -0.4 is 20.7 Å². The van der Waals surface area contributed by atoms with Crippen molar-refractivity contribution in [2.24, 2.45) is 5.92 Å². The second kappa shape index (κ2) is 7.78. The van der Waals surface area contributed by atoms with Crippen molar-refractivity contribution < 1.29 is 19.0 Å². The summed E-state index contributed by atoms with van der Waals surface area (Å²) in [5.74, 6) is -0.0737. The number of anilines is 3. The van der Waals surface area contributed by atoms with Gasteiger partial charge in [0.05, 0.1) is 17.7 Å². The molecule has 10 heteroatoms. The molecule has 3 heterocycles. The van der Waals surface area contributed by atoms with Crippen LogP contribution in [-0.4, -0.2) is 40.4 Å². The number of nitriles is 1. The van der Waals surface area contributed by atoms with Gasteiger partial charge < -0.3 is 20.9 Å². The molecule has 0 radical (unpaired) electrons. The van der Waals surface area contributed by atoms with E-state index >= 15 is 4.39 Å². The van der Waals surface area contributed by atoms with Gasteiger partial charge in [-0.05, 0) is 42.8 Å². The molecule has 3 aromatic rings. The van der Waals surface area contributed by atoms with Crippen molar-refractivity contribution in [1.29, 1.82) is 5.26 Å².